The van der Waals surface area contributed by atoms with Crippen LogP contribution in [0.3, 0.4) is 0 Å². The molecule has 6 rings (SSSR count). The summed E-state index contributed by atoms with van der Waals surface area (Å²) in [5, 5.41) is 3.97. The number of benzene rings is 1. The van der Waals surface area contributed by atoms with Gasteiger partial charge in [0, 0.05) is 63.6 Å². The van der Waals surface area contributed by atoms with Gasteiger partial charge in [0.1, 0.15) is 17.8 Å². The van der Waals surface area contributed by atoms with Crippen LogP contribution in [0.5, 0.6) is 0 Å². The molecule has 0 aliphatic carbocycles. The maximum Gasteiger partial charge on any atom is 0.407 e. The van der Waals surface area contributed by atoms with E-state index in [0.29, 0.717) is 63.1 Å². The molecule has 47 heavy (non-hydrogen) atoms. The lowest BCUT2D eigenvalue weighted by atomic mass is 9.98. The van der Waals surface area contributed by atoms with Gasteiger partial charge in [-0.2, -0.15) is 4.98 Å². The second-order valence-electron chi connectivity index (χ2n) is 15.2. The number of fused-ring (bicyclic) bond motifs is 4. The first kappa shape index (κ1) is 33.5. The van der Waals surface area contributed by atoms with Gasteiger partial charge in [-0.15, -0.1) is 0 Å². The van der Waals surface area contributed by atoms with Gasteiger partial charge in [0.05, 0.1) is 10.4 Å². The normalized spacial score (nSPS) is 20.0. The summed E-state index contributed by atoms with van der Waals surface area (Å²) in [5.74, 6) is 1.24. The number of amides is 1. The minimum absolute atomic E-state index is 0.00374. The van der Waals surface area contributed by atoms with E-state index in [9.17, 15) is 9.59 Å². The standard InChI is InChI=1S/C34H47ClN6O5Si/c1-9-26-37-25-13-12-23(28(35)29(25)45-26)24-18-40(19-44-14-15-47(6,7)8)30-27(24)31(42)39(5)32(38-30)41-21-10-11-22(41)17-20(16-21)36-33(43)46-34(2,3)4/h12-13,18,20-22H,9-11,14-17,19H2,1-8H3,(H,36,43)/t20?,21-,22+. The van der Waals surface area contributed by atoms with Crippen molar-refractivity contribution in [3.05, 3.63) is 39.6 Å². The van der Waals surface area contributed by atoms with Crippen LogP contribution in [-0.4, -0.2) is 63.6 Å². The summed E-state index contributed by atoms with van der Waals surface area (Å²) in [6.45, 7) is 15.4. The van der Waals surface area contributed by atoms with Crippen molar-refractivity contribution in [2.75, 3.05) is 11.5 Å². The minimum atomic E-state index is -1.29. The van der Waals surface area contributed by atoms with Crippen LogP contribution in [0, 0.1) is 0 Å². The van der Waals surface area contributed by atoms with Gasteiger partial charge in [-0.05, 0) is 58.6 Å². The number of ether oxygens (including phenoxy) is 2. The molecule has 2 aliphatic heterocycles. The molecule has 1 unspecified atom stereocenters. The second-order valence-corrected chi connectivity index (χ2v) is 21.2. The van der Waals surface area contributed by atoms with Crippen LogP contribution >= 0.6 is 11.6 Å². The van der Waals surface area contributed by atoms with Gasteiger partial charge in [-0.25, -0.2) is 9.78 Å². The Kier molecular flexibility index (Phi) is 8.99. The molecule has 254 valence electrons. The van der Waals surface area contributed by atoms with E-state index in [1.54, 1.807) is 11.6 Å². The number of hydrogen-bond acceptors (Lipinski definition) is 8. The van der Waals surface area contributed by atoms with Crippen LogP contribution in [0.1, 0.15) is 59.3 Å². The first-order chi connectivity index (χ1) is 22.1. The lowest BCUT2D eigenvalue weighted by molar-refractivity contribution is 0.0492. The maximum atomic E-state index is 14.4. The fraction of sp³-hybridized carbons (Fsp3) is 0.588. The predicted molar refractivity (Wildman–Crippen MR) is 188 cm³/mol. The molecule has 3 aromatic heterocycles. The third-order valence-corrected chi connectivity index (χ3v) is 11.2. The topological polar surface area (TPSA) is 117 Å². The number of piperidine rings is 1. The van der Waals surface area contributed by atoms with Crippen molar-refractivity contribution in [1.82, 2.24) is 24.4 Å². The van der Waals surface area contributed by atoms with E-state index in [1.807, 2.05) is 50.6 Å². The Bertz CT molecular complexity index is 1860. The molecule has 2 saturated heterocycles. The number of carbonyl (C=O) groups is 1. The molecular weight excluding hydrogens is 636 g/mol. The first-order valence-electron chi connectivity index (χ1n) is 16.7. The van der Waals surface area contributed by atoms with E-state index >= 15 is 0 Å². The quantitative estimate of drug-likeness (QED) is 0.147. The van der Waals surface area contributed by atoms with E-state index in [1.165, 1.54) is 0 Å². The monoisotopic (exact) mass is 682 g/mol. The van der Waals surface area contributed by atoms with Gasteiger partial charge < -0.3 is 28.7 Å². The number of hydrogen-bond donors (Lipinski definition) is 1. The number of nitrogens with zero attached hydrogens (tertiary/aromatic N) is 5. The number of rotatable bonds is 9. The molecule has 11 nitrogen and oxygen atoms in total. The van der Waals surface area contributed by atoms with Gasteiger partial charge in [-0.3, -0.25) is 9.36 Å². The number of aromatic nitrogens is 4. The van der Waals surface area contributed by atoms with Crippen molar-refractivity contribution in [1.29, 1.82) is 0 Å². The molecule has 0 saturated carbocycles. The Hall–Kier alpha value is -3.35. The number of aryl methyl sites for hydroxylation is 1. The zero-order chi connectivity index (χ0) is 33.8. The summed E-state index contributed by atoms with van der Waals surface area (Å²) >= 11 is 6.96. The Morgan fingerprint density at radius 3 is 2.47 bits per heavy atom. The molecule has 1 amide bonds. The van der Waals surface area contributed by atoms with Crippen molar-refractivity contribution in [3.63, 3.8) is 0 Å². The summed E-state index contributed by atoms with van der Waals surface area (Å²) in [7, 11) is 0.493. The molecule has 2 aliphatic rings. The highest BCUT2D eigenvalue weighted by molar-refractivity contribution is 6.76. The van der Waals surface area contributed by atoms with Gasteiger partial charge in [-0.1, -0.05) is 44.2 Å². The molecule has 0 radical (unpaired) electrons. The molecule has 13 heteroatoms. The van der Waals surface area contributed by atoms with Crippen molar-refractivity contribution in [2.24, 2.45) is 7.05 Å². The second kappa shape index (κ2) is 12.6. The lowest BCUT2D eigenvalue weighted by Gasteiger charge is -2.40. The molecule has 1 aromatic carbocycles. The van der Waals surface area contributed by atoms with Crippen LogP contribution in [-0.2, 0) is 29.7 Å². The minimum Gasteiger partial charge on any atom is -0.444 e. The van der Waals surface area contributed by atoms with Crippen LogP contribution < -0.4 is 15.8 Å². The van der Waals surface area contributed by atoms with Gasteiger partial charge >= 0.3 is 6.09 Å². The highest BCUT2D eigenvalue weighted by Gasteiger charge is 2.43. The fourth-order valence-corrected chi connectivity index (χ4v) is 7.90. The first-order valence-corrected chi connectivity index (χ1v) is 20.8. The number of carbonyl (C=O) groups excluding carboxylic acids is 1. The van der Waals surface area contributed by atoms with Crippen LogP contribution in [0.4, 0.5) is 10.7 Å². The molecule has 2 bridgehead atoms. The number of halogens is 1. The zero-order valence-corrected chi connectivity index (χ0v) is 30.5. The van der Waals surface area contributed by atoms with E-state index in [2.05, 4.69) is 34.8 Å². The molecule has 5 heterocycles. The van der Waals surface area contributed by atoms with Gasteiger partial charge in [0.15, 0.2) is 17.1 Å². The molecule has 1 N–H and O–H groups in total. The molecule has 4 aromatic rings. The van der Waals surface area contributed by atoms with Crippen LogP contribution in [0.2, 0.25) is 30.7 Å². The van der Waals surface area contributed by atoms with Crippen molar-refractivity contribution < 1.29 is 18.7 Å². The Balaban J connectivity index is 1.38. The number of nitrogens with one attached hydrogen (secondary N) is 1. The van der Waals surface area contributed by atoms with Crippen LogP contribution in [0.15, 0.2) is 27.5 Å². The molecule has 2 fully saturated rings. The number of oxazole rings is 1. The summed E-state index contributed by atoms with van der Waals surface area (Å²) in [6, 6.07) is 5.08. The Morgan fingerprint density at radius 2 is 1.83 bits per heavy atom. The van der Waals surface area contributed by atoms with E-state index in [-0.39, 0.29) is 30.4 Å². The smallest absolute Gasteiger partial charge is 0.407 e. The summed E-state index contributed by atoms with van der Waals surface area (Å²) in [6.07, 6.45) is 5.61. The third kappa shape index (κ3) is 6.82. The molecular formula is C34H47ClN6O5Si. The lowest BCUT2D eigenvalue weighted by Crippen LogP contribution is -2.52. The fourth-order valence-electron chi connectivity index (χ4n) is 6.84. The predicted octanol–water partition coefficient (Wildman–Crippen LogP) is 7.10. The van der Waals surface area contributed by atoms with E-state index in [0.717, 1.165) is 31.7 Å². The maximum absolute atomic E-state index is 14.4. The summed E-state index contributed by atoms with van der Waals surface area (Å²) in [4.78, 5) is 38.9. The summed E-state index contributed by atoms with van der Waals surface area (Å²) < 4.78 is 21.3. The zero-order valence-electron chi connectivity index (χ0n) is 28.8. The average molecular weight is 683 g/mol. The Labute approximate surface area is 281 Å². The van der Waals surface area contributed by atoms with Crippen molar-refractivity contribution in [3.8, 4) is 11.1 Å². The highest BCUT2D eigenvalue weighted by Crippen LogP contribution is 2.41. The number of anilines is 1. The summed E-state index contributed by atoms with van der Waals surface area (Å²) in [5.41, 5.74) is 2.40. The Morgan fingerprint density at radius 1 is 1.13 bits per heavy atom. The van der Waals surface area contributed by atoms with Gasteiger partial charge in [0.2, 0.25) is 5.95 Å². The average Bonchev–Trinajstić information content (AvgIpc) is 3.64. The molecule has 0 spiro atoms. The largest absolute Gasteiger partial charge is 0.444 e. The number of alkyl carbamates (subject to hydrolysis) is 1. The SMILES string of the molecule is CCc1nc2ccc(-c3cn(COCC[Si](C)(C)C)c4nc(N5[C@@H]6CC[C@H]5CC(NC(=O)OC(C)(C)C)C6)n(C)c(=O)c34)c(Cl)c2o1. The van der Waals surface area contributed by atoms with E-state index < -0.39 is 19.8 Å². The van der Waals surface area contributed by atoms with Crippen molar-refractivity contribution >= 4 is 53.8 Å². The molecule has 3 atom stereocenters. The van der Waals surface area contributed by atoms with Crippen molar-refractivity contribution in [2.45, 2.75) is 116 Å². The van der Waals surface area contributed by atoms with Crippen LogP contribution in [0.25, 0.3) is 33.3 Å². The third-order valence-electron chi connectivity index (χ3n) is 9.12. The van der Waals surface area contributed by atoms with Gasteiger partial charge in [0.25, 0.3) is 5.56 Å². The highest BCUT2D eigenvalue weighted by atomic mass is 35.5. The van der Waals surface area contributed by atoms with E-state index in [4.69, 9.17) is 30.5 Å².